The summed E-state index contributed by atoms with van der Waals surface area (Å²) in [6.45, 7) is 5.73. The molecule has 0 spiro atoms. The molecule has 0 aliphatic carbocycles. The third-order valence-corrected chi connectivity index (χ3v) is 6.28. The van der Waals surface area contributed by atoms with Crippen LogP contribution in [0.25, 0.3) is 6.08 Å². The Morgan fingerprint density at radius 2 is 1.69 bits per heavy atom. The van der Waals surface area contributed by atoms with Gasteiger partial charge in [0.25, 0.3) is 5.91 Å². The molecule has 2 aliphatic heterocycles. The molecule has 2 aliphatic rings. The molecule has 2 aromatic carbocycles. The first kappa shape index (κ1) is 19.6. The van der Waals surface area contributed by atoms with Gasteiger partial charge in [0, 0.05) is 51.6 Å². The number of aliphatic imine (C=N–C) groups is 1. The lowest BCUT2D eigenvalue weighted by Gasteiger charge is -2.36. The fourth-order valence-corrected chi connectivity index (χ4v) is 4.50. The Kier molecular flexibility index (Phi) is 5.62. The molecular formula is C23H26N4OS. The standard InChI is InChI=1S/C23H26N4OS/c1-17-5-4-6-20(15-17)26-11-13-27(14-12-26)23-24-22(28)21(29-23)16-18-7-9-19(10-8-18)25(2)3/h4-10,15-16H,11-14H2,1-3H3/b21-16+. The topological polar surface area (TPSA) is 39.1 Å². The van der Waals surface area contributed by atoms with Crippen molar-refractivity contribution >= 4 is 40.3 Å². The lowest BCUT2D eigenvalue weighted by atomic mass is 10.2. The average molecular weight is 407 g/mol. The number of aryl methyl sites for hydroxylation is 1. The van der Waals surface area contributed by atoms with Crippen LogP contribution >= 0.6 is 11.8 Å². The first-order valence-corrected chi connectivity index (χ1v) is 10.7. The number of amidine groups is 1. The van der Waals surface area contributed by atoms with Gasteiger partial charge in [-0.1, -0.05) is 24.3 Å². The molecular weight excluding hydrogens is 380 g/mol. The second-order valence-electron chi connectivity index (χ2n) is 7.61. The molecule has 1 fully saturated rings. The average Bonchev–Trinajstić information content (AvgIpc) is 3.09. The second-order valence-corrected chi connectivity index (χ2v) is 8.62. The van der Waals surface area contributed by atoms with Crippen LogP contribution in [0, 0.1) is 6.92 Å². The lowest BCUT2D eigenvalue weighted by Crippen LogP contribution is -2.47. The minimum Gasteiger partial charge on any atom is -0.378 e. The molecule has 4 rings (SSSR count). The van der Waals surface area contributed by atoms with Gasteiger partial charge < -0.3 is 14.7 Å². The normalized spacial score (nSPS) is 18.4. The molecule has 0 aromatic heterocycles. The molecule has 0 unspecified atom stereocenters. The van der Waals surface area contributed by atoms with Crippen molar-refractivity contribution in [3.63, 3.8) is 0 Å². The van der Waals surface area contributed by atoms with Crippen LogP contribution in [0.3, 0.4) is 0 Å². The van der Waals surface area contributed by atoms with Crippen LogP contribution in [0.5, 0.6) is 0 Å². The van der Waals surface area contributed by atoms with E-state index in [9.17, 15) is 4.79 Å². The van der Waals surface area contributed by atoms with Gasteiger partial charge in [0.1, 0.15) is 0 Å². The van der Waals surface area contributed by atoms with E-state index in [0.717, 1.165) is 42.6 Å². The van der Waals surface area contributed by atoms with Gasteiger partial charge in [-0.25, -0.2) is 0 Å². The van der Waals surface area contributed by atoms with E-state index in [1.807, 2.05) is 32.3 Å². The first-order valence-electron chi connectivity index (χ1n) is 9.86. The summed E-state index contributed by atoms with van der Waals surface area (Å²) in [5, 5.41) is 0.829. The first-order chi connectivity index (χ1) is 14.0. The summed E-state index contributed by atoms with van der Waals surface area (Å²) in [6.07, 6.45) is 1.94. The van der Waals surface area contributed by atoms with E-state index in [1.54, 1.807) is 0 Å². The minimum atomic E-state index is -0.136. The molecule has 29 heavy (non-hydrogen) atoms. The minimum absolute atomic E-state index is 0.136. The Hall–Kier alpha value is -2.73. The Bertz CT molecular complexity index is 957. The van der Waals surface area contributed by atoms with Gasteiger partial charge in [-0.2, -0.15) is 4.99 Å². The summed E-state index contributed by atoms with van der Waals surface area (Å²) in [4.78, 5) is 24.1. The van der Waals surface area contributed by atoms with Crippen molar-refractivity contribution in [2.45, 2.75) is 6.92 Å². The van der Waals surface area contributed by atoms with E-state index in [2.05, 4.69) is 63.0 Å². The van der Waals surface area contributed by atoms with Crippen LogP contribution in [-0.4, -0.2) is 56.2 Å². The number of hydrogen-bond acceptors (Lipinski definition) is 5. The Labute approximate surface area is 176 Å². The van der Waals surface area contributed by atoms with E-state index >= 15 is 0 Å². The number of anilines is 2. The zero-order valence-electron chi connectivity index (χ0n) is 17.1. The van der Waals surface area contributed by atoms with Crippen molar-refractivity contribution in [3.8, 4) is 0 Å². The molecule has 1 saturated heterocycles. The van der Waals surface area contributed by atoms with Gasteiger partial charge in [-0.3, -0.25) is 4.79 Å². The Balaban J connectivity index is 1.39. The molecule has 0 radical (unpaired) electrons. The van der Waals surface area contributed by atoms with E-state index in [1.165, 1.54) is 23.0 Å². The number of rotatable bonds is 3. The smallest absolute Gasteiger partial charge is 0.286 e. The number of thioether (sulfide) groups is 1. The zero-order valence-corrected chi connectivity index (χ0v) is 17.9. The molecule has 0 N–H and O–H groups in total. The number of amides is 1. The maximum atomic E-state index is 12.4. The Morgan fingerprint density at radius 3 is 2.34 bits per heavy atom. The highest BCUT2D eigenvalue weighted by Gasteiger charge is 2.28. The van der Waals surface area contributed by atoms with Crippen LogP contribution in [-0.2, 0) is 4.79 Å². The van der Waals surface area contributed by atoms with Crippen LogP contribution in [0.2, 0.25) is 0 Å². The zero-order chi connectivity index (χ0) is 20.4. The van der Waals surface area contributed by atoms with Gasteiger partial charge in [0.2, 0.25) is 0 Å². The van der Waals surface area contributed by atoms with Crippen molar-refractivity contribution < 1.29 is 4.79 Å². The predicted octanol–water partition coefficient (Wildman–Crippen LogP) is 3.85. The maximum Gasteiger partial charge on any atom is 0.286 e. The van der Waals surface area contributed by atoms with Crippen molar-refractivity contribution in [1.82, 2.24) is 4.90 Å². The Morgan fingerprint density at radius 1 is 1.00 bits per heavy atom. The highest BCUT2D eigenvalue weighted by atomic mass is 32.2. The fourth-order valence-electron chi connectivity index (χ4n) is 3.53. The summed E-state index contributed by atoms with van der Waals surface area (Å²) >= 11 is 1.49. The van der Waals surface area contributed by atoms with Crippen LogP contribution in [0.4, 0.5) is 11.4 Å². The molecule has 6 heteroatoms. The van der Waals surface area contributed by atoms with Gasteiger partial charge in [-0.15, -0.1) is 0 Å². The van der Waals surface area contributed by atoms with Gasteiger partial charge in [0.15, 0.2) is 5.17 Å². The molecule has 2 aromatic rings. The van der Waals surface area contributed by atoms with Crippen molar-refractivity contribution in [1.29, 1.82) is 0 Å². The third kappa shape index (κ3) is 4.48. The van der Waals surface area contributed by atoms with Crippen LogP contribution < -0.4 is 9.80 Å². The second kappa shape index (κ2) is 8.33. The van der Waals surface area contributed by atoms with Gasteiger partial charge in [0.05, 0.1) is 4.91 Å². The molecule has 0 bridgehead atoms. The molecule has 150 valence electrons. The van der Waals surface area contributed by atoms with E-state index in [0.29, 0.717) is 4.91 Å². The quantitative estimate of drug-likeness (QED) is 0.724. The number of piperazine rings is 1. The summed E-state index contributed by atoms with van der Waals surface area (Å²) in [6, 6.07) is 16.8. The molecule has 5 nitrogen and oxygen atoms in total. The van der Waals surface area contributed by atoms with Gasteiger partial charge >= 0.3 is 0 Å². The van der Waals surface area contributed by atoms with Crippen molar-refractivity contribution in [2.75, 3.05) is 50.1 Å². The number of hydrogen-bond donors (Lipinski definition) is 0. The fraction of sp³-hybridized carbons (Fsp3) is 0.304. The van der Waals surface area contributed by atoms with Crippen LogP contribution in [0.1, 0.15) is 11.1 Å². The van der Waals surface area contributed by atoms with E-state index < -0.39 is 0 Å². The summed E-state index contributed by atoms with van der Waals surface area (Å²) in [5.74, 6) is -0.136. The SMILES string of the molecule is Cc1cccc(N2CCN(C3=NC(=O)/C(=C\c4ccc(N(C)C)cc4)S3)CC2)c1. The van der Waals surface area contributed by atoms with Crippen molar-refractivity contribution in [2.24, 2.45) is 4.99 Å². The summed E-state index contributed by atoms with van der Waals surface area (Å²) in [7, 11) is 4.03. The number of benzene rings is 2. The van der Waals surface area contributed by atoms with Crippen LogP contribution in [0.15, 0.2) is 58.4 Å². The van der Waals surface area contributed by atoms with E-state index in [4.69, 9.17) is 0 Å². The molecule has 1 amide bonds. The van der Waals surface area contributed by atoms with Gasteiger partial charge in [-0.05, 0) is 60.2 Å². The van der Waals surface area contributed by atoms with E-state index in [-0.39, 0.29) is 5.91 Å². The molecule has 2 heterocycles. The maximum absolute atomic E-state index is 12.4. The van der Waals surface area contributed by atoms with Crippen molar-refractivity contribution in [3.05, 3.63) is 64.6 Å². The summed E-state index contributed by atoms with van der Waals surface area (Å²) < 4.78 is 0. The monoisotopic (exact) mass is 406 g/mol. The lowest BCUT2D eigenvalue weighted by molar-refractivity contribution is -0.113. The highest BCUT2D eigenvalue weighted by Crippen LogP contribution is 2.31. The predicted molar refractivity (Wildman–Crippen MR) is 124 cm³/mol. The largest absolute Gasteiger partial charge is 0.378 e. The third-order valence-electron chi connectivity index (χ3n) is 5.23. The number of carbonyl (C=O) groups excluding carboxylic acids is 1. The summed E-state index contributed by atoms with van der Waals surface area (Å²) in [5.41, 5.74) is 4.70. The number of carbonyl (C=O) groups is 1. The number of nitrogens with zero attached hydrogens (tertiary/aromatic N) is 4. The molecule has 0 saturated carbocycles. The highest BCUT2D eigenvalue weighted by molar-refractivity contribution is 8.18. The molecule has 0 atom stereocenters.